The maximum atomic E-state index is 12.4. The molecule has 0 radical (unpaired) electrons. The Hall–Kier alpha value is -0.800. The molecule has 0 aromatic heterocycles. The lowest BCUT2D eigenvalue weighted by Gasteiger charge is -2.39. The van der Waals surface area contributed by atoms with Crippen molar-refractivity contribution in [3.63, 3.8) is 0 Å². The first kappa shape index (κ1) is 16.7. The van der Waals surface area contributed by atoms with Crippen LogP contribution in [0.25, 0.3) is 0 Å². The monoisotopic (exact) mass is 336 g/mol. The van der Waals surface area contributed by atoms with E-state index >= 15 is 0 Å². The van der Waals surface area contributed by atoms with E-state index in [1.54, 1.807) is 0 Å². The summed E-state index contributed by atoms with van der Waals surface area (Å²) >= 11 is 0. The van der Waals surface area contributed by atoms with Crippen LogP contribution >= 0.6 is 0 Å². The molecule has 0 aromatic carbocycles. The second-order valence-electron chi connectivity index (χ2n) is 8.79. The Morgan fingerprint density at radius 1 is 0.542 bits per heavy atom. The molecule has 4 saturated carbocycles. The summed E-state index contributed by atoms with van der Waals surface area (Å²) in [5.41, 5.74) is 0. The summed E-state index contributed by atoms with van der Waals surface area (Å²) in [6, 6.07) is 0. The normalized spacial score (nSPS) is 42.5. The second kappa shape index (κ2) is 7.61. The minimum absolute atomic E-state index is 0.0901. The van der Waals surface area contributed by atoms with Crippen LogP contribution in [0.5, 0.6) is 0 Å². The Balaban J connectivity index is 1.32. The van der Waals surface area contributed by atoms with Gasteiger partial charge in [-0.1, -0.05) is 38.5 Å². The maximum Gasteiger partial charge on any atom is 0.478 e. The van der Waals surface area contributed by atoms with E-state index < -0.39 is 0 Å². The fraction of sp³-hybridized carbons (Fsp3) is 1.00. The van der Waals surface area contributed by atoms with Gasteiger partial charge in [-0.05, 0) is 63.2 Å². The molecule has 4 aliphatic carbocycles. The van der Waals surface area contributed by atoms with Gasteiger partial charge in [0.2, 0.25) is 0 Å². The van der Waals surface area contributed by atoms with Gasteiger partial charge in [0.05, 0.1) is 0 Å². The van der Waals surface area contributed by atoms with E-state index in [9.17, 15) is 4.91 Å². The highest BCUT2D eigenvalue weighted by atomic mass is 17.0. The highest BCUT2D eigenvalue weighted by Crippen LogP contribution is 2.43. The molecule has 24 heavy (non-hydrogen) atoms. The van der Waals surface area contributed by atoms with E-state index in [4.69, 9.17) is 9.68 Å². The number of rotatable bonds is 4. The first-order valence-electron chi connectivity index (χ1n) is 10.6. The number of hydrogen-bond donors (Lipinski definition) is 0. The van der Waals surface area contributed by atoms with Gasteiger partial charge in [0.1, 0.15) is 4.91 Å². The van der Waals surface area contributed by atoms with E-state index in [1.807, 2.05) is 0 Å². The van der Waals surface area contributed by atoms with E-state index in [0.717, 1.165) is 24.7 Å². The fourth-order valence-corrected chi connectivity index (χ4v) is 6.27. The third-order valence-corrected chi connectivity index (χ3v) is 7.46. The van der Waals surface area contributed by atoms with Gasteiger partial charge < -0.3 is 0 Å². The average Bonchev–Trinajstić information content (AvgIpc) is 2.62. The number of nitrogens with zero attached hydrogens (tertiary/aromatic N) is 1. The van der Waals surface area contributed by atoms with Crippen molar-refractivity contribution in [1.82, 2.24) is 0 Å². The van der Waals surface area contributed by atoms with Gasteiger partial charge in [-0.15, -0.1) is 0 Å². The minimum atomic E-state index is 0.0901. The molecule has 4 rings (SSSR count). The lowest BCUT2D eigenvalue weighted by molar-refractivity contribution is -0.995. The average molecular weight is 336 g/mol. The Bertz CT molecular complexity index is 399. The molecule has 6 atom stereocenters. The van der Waals surface area contributed by atoms with Crippen LogP contribution in [-0.4, -0.2) is 17.3 Å². The Morgan fingerprint density at radius 3 is 1.46 bits per heavy atom. The molecule has 4 fully saturated rings. The van der Waals surface area contributed by atoms with Crippen LogP contribution in [0.1, 0.15) is 89.9 Å². The van der Waals surface area contributed by atoms with Gasteiger partial charge in [0.15, 0.2) is 12.2 Å². The summed E-state index contributed by atoms with van der Waals surface area (Å²) in [6.07, 6.45) is 17.7. The molecule has 4 aliphatic rings. The highest BCUT2D eigenvalue weighted by Gasteiger charge is 2.44. The van der Waals surface area contributed by atoms with Gasteiger partial charge in [-0.25, -0.2) is 0 Å². The van der Waals surface area contributed by atoms with Crippen LogP contribution < -0.4 is 0 Å². The van der Waals surface area contributed by atoms with E-state index in [0.29, 0.717) is 16.9 Å². The fourth-order valence-electron chi connectivity index (χ4n) is 6.27. The van der Waals surface area contributed by atoms with Crippen LogP contribution in [0.3, 0.4) is 0 Å². The van der Waals surface area contributed by atoms with Crippen molar-refractivity contribution in [2.24, 2.45) is 23.7 Å². The lowest BCUT2D eigenvalue weighted by Crippen LogP contribution is -2.41. The molecule has 0 amide bonds. The second-order valence-corrected chi connectivity index (χ2v) is 8.79. The van der Waals surface area contributed by atoms with Crippen LogP contribution in [0.4, 0.5) is 0 Å². The molecule has 6 unspecified atom stereocenters. The quantitative estimate of drug-likeness (QED) is 0.650. The predicted octanol–water partition coefficient (Wildman–Crippen LogP) is 5.35. The van der Waals surface area contributed by atoms with Crippen LogP contribution in [0, 0.1) is 28.6 Å². The van der Waals surface area contributed by atoms with Crippen molar-refractivity contribution in [2.75, 3.05) is 0 Å². The smallest absolute Gasteiger partial charge is 0.183 e. The zero-order chi connectivity index (χ0) is 16.4. The Labute approximate surface area is 146 Å². The molecule has 0 saturated heterocycles. The van der Waals surface area contributed by atoms with Crippen molar-refractivity contribution in [3.05, 3.63) is 4.91 Å². The molecular weight excluding hydrogens is 302 g/mol. The van der Waals surface area contributed by atoms with Crippen molar-refractivity contribution in [1.29, 1.82) is 0 Å². The molecule has 0 spiro atoms. The van der Waals surface area contributed by atoms with Crippen molar-refractivity contribution >= 4 is 0 Å². The summed E-state index contributed by atoms with van der Waals surface area (Å²) in [6.45, 7) is 0. The highest BCUT2D eigenvalue weighted by molar-refractivity contribution is 4.86. The van der Waals surface area contributed by atoms with Gasteiger partial charge in [-0.2, -0.15) is 9.68 Å². The maximum absolute atomic E-state index is 12.4. The Kier molecular flexibility index (Phi) is 5.28. The summed E-state index contributed by atoms with van der Waals surface area (Å²) in [7, 11) is 0. The van der Waals surface area contributed by atoms with Crippen molar-refractivity contribution in [3.8, 4) is 0 Å². The molecule has 0 N–H and O–H groups in total. The topological polar surface area (TPSA) is 38.5 Å². The summed E-state index contributed by atoms with van der Waals surface area (Å²) < 4.78 is 0. The zero-order valence-corrected chi connectivity index (χ0v) is 15.0. The first-order chi connectivity index (χ1) is 11.8. The number of fused-ring (bicyclic) bond motifs is 2. The summed E-state index contributed by atoms with van der Waals surface area (Å²) in [5, 5.41) is 0.531. The molecule has 4 nitrogen and oxygen atoms in total. The SMILES string of the molecule is O=[N+](OC1CCCC2CCCCC21)OC1CCCC2CCCCC21. The molecule has 0 aromatic rings. The van der Waals surface area contributed by atoms with Crippen molar-refractivity contribution in [2.45, 2.75) is 102 Å². The van der Waals surface area contributed by atoms with Gasteiger partial charge in [0, 0.05) is 11.8 Å². The van der Waals surface area contributed by atoms with Gasteiger partial charge in [0.25, 0.3) is 0 Å². The molecule has 0 aliphatic heterocycles. The molecular formula is C20H34NO3+. The lowest BCUT2D eigenvalue weighted by atomic mass is 9.69. The first-order valence-corrected chi connectivity index (χ1v) is 10.6. The van der Waals surface area contributed by atoms with Gasteiger partial charge in [-0.3, -0.25) is 0 Å². The predicted molar refractivity (Wildman–Crippen MR) is 92.0 cm³/mol. The van der Waals surface area contributed by atoms with E-state index in [1.165, 1.54) is 77.0 Å². The summed E-state index contributed by atoms with van der Waals surface area (Å²) in [4.78, 5) is 24.0. The van der Waals surface area contributed by atoms with E-state index in [-0.39, 0.29) is 12.2 Å². The van der Waals surface area contributed by atoms with Crippen LogP contribution in [-0.2, 0) is 9.68 Å². The van der Waals surface area contributed by atoms with Crippen molar-refractivity contribution < 1.29 is 14.8 Å². The molecule has 0 bridgehead atoms. The molecule has 4 heteroatoms. The third-order valence-electron chi connectivity index (χ3n) is 7.46. The third kappa shape index (κ3) is 3.57. The largest absolute Gasteiger partial charge is 0.478 e. The van der Waals surface area contributed by atoms with Gasteiger partial charge >= 0.3 is 5.09 Å². The standard InChI is InChI=1S/C20H34NO3/c22-21(23-19-13-5-9-15-7-1-3-11-17(15)19)24-20-14-6-10-16-8-2-4-12-18(16)20/h15-20H,1-14H2/q+1. The molecule has 136 valence electrons. The number of hydrogen-bond acceptors (Lipinski definition) is 3. The van der Waals surface area contributed by atoms with Crippen LogP contribution in [0.15, 0.2) is 0 Å². The zero-order valence-electron chi connectivity index (χ0n) is 15.0. The molecule has 0 heterocycles. The minimum Gasteiger partial charge on any atom is -0.183 e. The summed E-state index contributed by atoms with van der Waals surface area (Å²) in [5.74, 6) is 2.73. The Morgan fingerprint density at radius 2 is 0.958 bits per heavy atom. The van der Waals surface area contributed by atoms with Crippen LogP contribution in [0.2, 0.25) is 0 Å². The van der Waals surface area contributed by atoms with E-state index in [2.05, 4.69) is 0 Å².